The average molecular weight is 265 g/mol. The van der Waals surface area contributed by atoms with Crippen LogP contribution in [0.25, 0.3) is 0 Å². The van der Waals surface area contributed by atoms with Crippen molar-refractivity contribution in [1.82, 2.24) is 10.0 Å². The Kier molecular flexibility index (Phi) is 4.87. The summed E-state index contributed by atoms with van der Waals surface area (Å²) in [6.45, 7) is 2.72. The molecule has 0 aromatic heterocycles. The van der Waals surface area contributed by atoms with Gasteiger partial charge in [0.25, 0.3) is 0 Å². The second-order valence-corrected chi connectivity index (χ2v) is 5.96. The van der Waals surface area contributed by atoms with Gasteiger partial charge in [-0.15, -0.1) is 0 Å². The first kappa shape index (κ1) is 14.4. The number of hydrogen-bond acceptors (Lipinski definition) is 5. The van der Waals surface area contributed by atoms with E-state index in [1.54, 1.807) is 6.92 Å². The van der Waals surface area contributed by atoms with Crippen LogP contribution in [0.5, 0.6) is 0 Å². The van der Waals surface area contributed by atoms with Gasteiger partial charge in [0.2, 0.25) is 15.9 Å². The largest absolute Gasteiger partial charge is 0.379 e. The van der Waals surface area contributed by atoms with E-state index in [1.807, 2.05) is 0 Å². The van der Waals surface area contributed by atoms with Crippen LogP contribution in [0.3, 0.4) is 0 Å². The predicted molar refractivity (Wildman–Crippen MR) is 62.8 cm³/mol. The van der Waals surface area contributed by atoms with Crippen molar-refractivity contribution >= 4 is 15.9 Å². The quantitative estimate of drug-likeness (QED) is 0.522. The highest BCUT2D eigenvalue weighted by molar-refractivity contribution is 7.89. The van der Waals surface area contributed by atoms with Crippen molar-refractivity contribution in [2.45, 2.75) is 18.9 Å². The summed E-state index contributed by atoms with van der Waals surface area (Å²) < 4.78 is 30.0. The van der Waals surface area contributed by atoms with Crippen LogP contribution in [-0.4, -0.2) is 51.9 Å². The summed E-state index contributed by atoms with van der Waals surface area (Å²) in [7, 11) is -3.31. The van der Waals surface area contributed by atoms with Crippen molar-refractivity contribution in [3.05, 3.63) is 0 Å². The summed E-state index contributed by atoms with van der Waals surface area (Å²) in [5.41, 5.74) is 4.80. The molecule has 1 fully saturated rings. The highest BCUT2D eigenvalue weighted by Crippen LogP contribution is 2.14. The van der Waals surface area contributed by atoms with Crippen molar-refractivity contribution in [3.63, 3.8) is 0 Å². The average Bonchev–Trinajstić information content (AvgIpc) is 2.66. The molecule has 1 atom stereocenters. The number of nitrogens with two attached hydrogens (primary N) is 1. The molecule has 1 amide bonds. The van der Waals surface area contributed by atoms with Gasteiger partial charge in [-0.2, -0.15) is 0 Å². The second kappa shape index (κ2) is 5.76. The molecule has 4 N–H and O–H groups in total. The van der Waals surface area contributed by atoms with Crippen molar-refractivity contribution in [3.8, 4) is 0 Å². The smallest absolute Gasteiger partial charge is 0.242 e. The Hall–Kier alpha value is -0.700. The van der Waals surface area contributed by atoms with E-state index < -0.39 is 15.6 Å². The fourth-order valence-corrected chi connectivity index (χ4v) is 2.48. The van der Waals surface area contributed by atoms with E-state index in [0.717, 1.165) is 0 Å². The predicted octanol–water partition coefficient (Wildman–Crippen LogP) is -1.84. The van der Waals surface area contributed by atoms with Crippen LogP contribution >= 0.6 is 0 Å². The molecule has 8 heteroatoms. The van der Waals surface area contributed by atoms with Gasteiger partial charge in [0.05, 0.1) is 12.4 Å². The molecule has 0 bridgehead atoms. The van der Waals surface area contributed by atoms with Crippen LogP contribution in [0.4, 0.5) is 0 Å². The molecule has 1 saturated heterocycles. The van der Waals surface area contributed by atoms with Gasteiger partial charge in [0, 0.05) is 19.7 Å². The van der Waals surface area contributed by atoms with E-state index in [4.69, 9.17) is 10.5 Å². The molecule has 0 aromatic rings. The normalized spacial score (nSPS) is 24.8. The number of nitrogens with one attached hydrogen (secondary N) is 2. The zero-order valence-corrected chi connectivity index (χ0v) is 10.7. The van der Waals surface area contributed by atoms with Crippen LogP contribution < -0.4 is 15.8 Å². The zero-order chi connectivity index (χ0) is 12.9. The minimum atomic E-state index is -3.31. The summed E-state index contributed by atoms with van der Waals surface area (Å²) >= 11 is 0. The Morgan fingerprint density at radius 2 is 2.24 bits per heavy atom. The van der Waals surface area contributed by atoms with Gasteiger partial charge in [-0.05, 0) is 6.42 Å². The van der Waals surface area contributed by atoms with E-state index in [1.165, 1.54) is 0 Å². The second-order valence-electron chi connectivity index (χ2n) is 4.03. The fourth-order valence-electron chi connectivity index (χ4n) is 1.53. The third-order valence-electron chi connectivity index (χ3n) is 2.52. The van der Waals surface area contributed by atoms with Gasteiger partial charge in [-0.1, -0.05) is 6.92 Å². The first-order valence-electron chi connectivity index (χ1n) is 5.52. The third-order valence-corrected chi connectivity index (χ3v) is 4.00. The molecule has 17 heavy (non-hydrogen) atoms. The van der Waals surface area contributed by atoms with Crippen LogP contribution in [0, 0.1) is 0 Å². The highest BCUT2D eigenvalue weighted by atomic mass is 32.2. The van der Waals surface area contributed by atoms with E-state index >= 15 is 0 Å². The lowest BCUT2D eigenvalue weighted by Crippen LogP contribution is -2.55. The number of amides is 1. The number of sulfonamides is 1. The van der Waals surface area contributed by atoms with E-state index in [-0.39, 0.29) is 24.8 Å². The molecular formula is C9H19N3O4S. The Morgan fingerprint density at radius 1 is 1.53 bits per heavy atom. The fraction of sp³-hybridized carbons (Fsp3) is 0.889. The standard InChI is InChI=1S/C9H19N3O4S/c1-2-12-17(14,15)6-4-11-8(13)9(10)3-5-16-7-9/h12H,2-7,10H2,1H3,(H,11,13). The molecule has 0 spiro atoms. The van der Waals surface area contributed by atoms with Crippen molar-refractivity contribution in [2.75, 3.05) is 32.1 Å². The Balaban J connectivity index is 2.34. The highest BCUT2D eigenvalue weighted by Gasteiger charge is 2.38. The summed E-state index contributed by atoms with van der Waals surface area (Å²) in [6, 6.07) is 0. The van der Waals surface area contributed by atoms with Gasteiger partial charge in [-0.25, -0.2) is 13.1 Å². The molecule has 0 aliphatic carbocycles. The Labute approximate surface area is 101 Å². The molecule has 1 aliphatic rings. The minimum Gasteiger partial charge on any atom is -0.379 e. The molecule has 7 nitrogen and oxygen atoms in total. The molecule has 1 heterocycles. The SMILES string of the molecule is CCNS(=O)(=O)CCNC(=O)C1(N)CCOC1. The number of hydrogen-bond donors (Lipinski definition) is 3. The molecule has 0 saturated carbocycles. The lowest BCUT2D eigenvalue weighted by atomic mass is 9.99. The zero-order valence-electron chi connectivity index (χ0n) is 9.86. The summed E-state index contributed by atoms with van der Waals surface area (Å²) in [5.74, 6) is -0.509. The number of carbonyl (C=O) groups is 1. The molecule has 1 rings (SSSR count). The molecule has 1 aliphatic heterocycles. The lowest BCUT2D eigenvalue weighted by Gasteiger charge is -2.20. The van der Waals surface area contributed by atoms with Crippen molar-refractivity contribution < 1.29 is 17.9 Å². The monoisotopic (exact) mass is 265 g/mol. The number of ether oxygens (including phenoxy) is 1. The number of rotatable bonds is 6. The molecule has 0 radical (unpaired) electrons. The summed E-state index contributed by atoms with van der Waals surface area (Å²) in [6.07, 6.45) is 0.457. The summed E-state index contributed by atoms with van der Waals surface area (Å²) in [5, 5.41) is 2.52. The Bertz CT molecular complexity index is 362. The van der Waals surface area contributed by atoms with Crippen molar-refractivity contribution in [1.29, 1.82) is 0 Å². The van der Waals surface area contributed by atoms with E-state index in [9.17, 15) is 13.2 Å². The van der Waals surface area contributed by atoms with Crippen molar-refractivity contribution in [2.24, 2.45) is 5.73 Å². The molecule has 100 valence electrons. The van der Waals surface area contributed by atoms with Crippen LogP contribution in [0.2, 0.25) is 0 Å². The number of carbonyl (C=O) groups excluding carboxylic acids is 1. The topological polar surface area (TPSA) is 111 Å². The molecular weight excluding hydrogens is 246 g/mol. The van der Waals surface area contributed by atoms with Crippen LogP contribution in [-0.2, 0) is 19.6 Å². The van der Waals surface area contributed by atoms with Gasteiger partial charge in [-0.3, -0.25) is 4.79 Å². The first-order valence-corrected chi connectivity index (χ1v) is 7.17. The lowest BCUT2D eigenvalue weighted by molar-refractivity contribution is -0.126. The van der Waals surface area contributed by atoms with Gasteiger partial charge in [0.15, 0.2) is 0 Å². The summed E-state index contributed by atoms with van der Waals surface area (Å²) in [4.78, 5) is 11.7. The Morgan fingerprint density at radius 3 is 2.76 bits per heavy atom. The van der Waals surface area contributed by atoms with Gasteiger partial charge < -0.3 is 15.8 Å². The molecule has 1 unspecified atom stereocenters. The van der Waals surface area contributed by atoms with E-state index in [2.05, 4.69) is 10.0 Å². The molecule has 0 aromatic carbocycles. The van der Waals surface area contributed by atoms with Gasteiger partial charge >= 0.3 is 0 Å². The van der Waals surface area contributed by atoms with Gasteiger partial charge in [0.1, 0.15) is 5.54 Å². The maximum absolute atomic E-state index is 11.7. The third kappa shape index (κ3) is 4.23. The maximum Gasteiger partial charge on any atom is 0.242 e. The maximum atomic E-state index is 11.7. The van der Waals surface area contributed by atoms with Crippen LogP contribution in [0.1, 0.15) is 13.3 Å². The first-order chi connectivity index (χ1) is 7.90. The minimum absolute atomic E-state index is 0.0487. The van der Waals surface area contributed by atoms with Crippen LogP contribution in [0.15, 0.2) is 0 Å². The van der Waals surface area contributed by atoms with E-state index in [0.29, 0.717) is 19.6 Å².